The van der Waals surface area contributed by atoms with Crippen LogP contribution in [0.1, 0.15) is 46.0 Å². The van der Waals surface area contributed by atoms with Crippen molar-refractivity contribution in [2.24, 2.45) is 23.0 Å². The van der Waals surface area contributed by atoms with Crippen LogP contribution in [0.15, 0.2) is 0 Å². The van der Waals surface area contributed by atoms with E-state index < -0.39 is 5.60 Å². The Morgan fingerprint density at radius 3 is 2.65 bits per heavy atom. The Balaban J connectivity index is 2.29. The van der Waals surface area contributed by atoms with Crippen molar-refractivity contribution < 1.29 is 9.84 Å². The Morgan fingerprint density at radius 1 is 1.35 bits per heavy atom. The highest BCUT2D eigenvalue weighted by molar-refractivity contribution is 5.07. The third-order valence-electron chi connectivity index (χ3n) is 5.15. The molecule has 2 rings (SSSR count). The van der Waals surface area contributed by atoms with E-state index in [0.29, 0.717) is 25.0 Å². The van der Waals surface area contributed by atoms with Gasteiger partial charge in [-0.1, -0.05) is 26.7 Å². The molecule has 1 aliphatic heterocycles. The molecule has 1 saturated carbocycles. The van der Waals surface area contributed by atoms with Crippen LogP contribution in [0.5, 0.6) is 0 Å². The maximum atomic E-state index is 11.3. The molecule has 3 heteroatoms. The normalized spacial score (nSPS) is 43.2. The van der Waals surface area contributed by atoms with Crippen LogP contribution in [0.3, 0.4) is 0 Å². The summed E-state index contributed by atoms with van der Waals surface area (Å²) in [6.45, 7) is 6.39. The topological polar surface area (TPSA) is 55.5 Å². The predicted molar refractivity (Wildman–Crippen MR) is 68.7 cm³/mol. The first-order valence-electron chi connectivity index (χ1n) is 7.06. The molecule has 3 nitrogen and oxygen atoms in total. The number of nitrogens with two attached hydrogens (primary N) is 1. The van der Waals surface area contributed by atoms with Crippen molar-refractivity contribution in [3.8, 4) is 0 Å². The van der Waals surface area contributed by atoms with Crippen LogP contribution in [-0.4, -0.2) is 30.5 Å². The summed E-state index contributed by atoms with van der Waals surface area (Å²) in [6, 6.07) is 0. The van der Waals surface area contributed by atoms with Crippen molar-refractivity contribution in [1.29, 1.82) is 0 Å². The summed E-state index contributed by atoms with van der Waals surface area (Å²) in [4.78, 5) is 0. The average Bonchev–Trinajstić information content (AvgIpc) is 2.79. The second kappa shape index (κ2) is 4.87. The number of hydrogen-bond donors (Lipinski definition) is 2. The van der Waals surface area contributed by atoms with Gasteiger partial charge in [0.1, 0.15) is 0 Å². The van der Waals surface area contributed by atoms with E-state index in [1.165, 1.54) is 6.42 Å². The van der Waals surface area contributed by atoms with E-state index in [4.69, 9.17) is 10.5 Å². The third kappa shape index (κ3) is 2.02. The van der Waals surface area contributed by atoms with Gasteiger partial charge in [0, 0.05) is 18.6 Å². The predicted octanol–water partition coefficient (Wildman–Crippen LogP) is 1.93. The molecular formula is C14H27NO2. The number of ether oxygens (including phenoxy) is 1. The van der Waals surface area contributed by atoms with E-state index >= 15 is 0 Å². The van der Waals surface area contributed by atoms with E-state index in [-0.39, 0.29) is 5.41 Å². The van der Waals surface area contributed by atoms with Gasteiger partial charge in [-0.25, -0.2) is 0 Å². The molecular weight excluding hydrogens is 214 g/mol. The lowest BCUT2D eigenvalue weighted by molar-refractivity contribution is -0.156. The van der Waals surface area contributed by atoms with Crippen LogP contribution in [-0.2, 0) is 4.74 Å². The van der Waals surface area contributed by atoms with Crippen molar-refractivity contribution in [1.82, 2.24) is 0 Å². The molecule has 0 aromatic carbocycles. The summed E-state index contributed by atoms with van der Waals surface area (Å²) in [6.07, 6.45) is 5.32. The van der Waals surface area contributed by atoms with Gasteiger partial charge in [-0.05, 0) is 31.1 Å². The highest BCUT2D eigenvalue weighted by atomic mass is 16.5. The monoisotopic (exact) mass is 241 g/mol. The summed E-state index contributed by atoms with van der Waals surface area (Å²) < 4.78 is 5.56. The Morgan fingerprint density at radius 2 is 2.12 bits per heavy atom. The van der Waals surface area contributed by atoms with Crippen molar-refractivity contribution in [3.63, 3.8) is 0 Å². The quantitative estimate of drug-likeness (QED) is 0.794. The van der Waals surface area contributed by atoms with E-state index in [1.807, 2.05) is 0 Å². The Kier molecular flexibility index (Phi) is 3.81. The molecule has 3 N–H and O–H groups in total. The molecule has 1 aliphatic carbocycles. The first-order valence-corrected chi connectivity index (χ1v) is 7.06. The van der Waals surface area contributed by atoms with E-state index in [1.54, 1.807) is 0 Å². The fraction of sp³-hybridized carbons (Fsp3) is 1.00. The standard InChI is InChI=1S/C14H27NO2/c1-11(2)12-5-3-4-6-14(12,16)13(9-15)7-8-17-10-13/h11-12,16H,3-10,15H2,1-2H3. The summed E-state index contributed by atoms with van der Waals surface area (Å²) in [5, 5.41) is 11.3. The average molecular weight is 241 g/mol. The molecule has 1 saturated heterocycles. The van der Waals surface area contributed by atoms with Gasteiger partial charge in [0.05, 0.1) is 12.2 Å². The molecule has 17 heavy (non-hydrogen) atoms. The highest BCUT2D eigenvalue weighted by Crippen LogP contribution is 2.51. The zero-order valence-electron chi connectivity index (χ0n) is 11.2. The van der Waals surface area contributed by atoms with E-state index in [0.717, 1.165) is 32.3 Å². The SMILES string of the molecule is CC(C)C1CCCCC1(O)C1(CN)CCOC1. The molecule has 2 fully saturated rings. The molecule has 2 aliphatic rings. The van der Waals surface area contributed by atoms with Crippen LogP contribution in [0.2, 0.25) is 0 Å². The van der Waals surface area contributed by atoms with Gasteiger partial charge < -0.3 is 15.6 Å². The number of hydrogen-bond acceptors (Lipinski definition) is 3. The minimum absolute atomic E-state index is 0.192. The molecule has 3 unspecified atom stereocenters. The Labute approximate surface area is 105 Å². The third-order valence-corrected chi connectivity index (χ3v) is 5.15. The lowest BCUT2D eigenvalue weighted by Crippen LogP contribution is -2.59. The fourth-order valence-corrected chi connectivity index (χ4v) is 4.01. The molecule has 0 bridgehead atoms. The fourth-order valence-electron chi connectivity index (χ4n) is 4.01. The van der Waals surface area contributed by atoms with E-state index in [9.17, 15) is 5.11 Å². The highest BCUT2D eigenvalue weighted by Gasteiger charge is 2.56. The van der Waals surface area contributed by atoms with Crippen molar-refractivity contribution in [2.45, 2.75) is 51.6 Å². The number of rotatable bonds is 3. The van der Waals surface area contributed by atoms with Crippen LogP contribution < -0.4 is 5.73 Å². The summed E-state index contributed by atoms with van der Waals surface area (Å²) in [5.41, 5.74) is 5.21. The number of aliphatic hydroxyl groups is 1. The van der Waals surface area contributed by atoms with Gasteiger partial charge in [-0.3, -0.25) is 0 Å². The summed E-state index contributed by atoms with van der Waals surface area (Å²) >= 11 is 0. The van der Waals surface area contributed by atoms with Crippen molar-refractivity contribution in [3.05, 3.63) is 0 Å². The van der Waals surface area contributed by atoms with Crippen LogP contribution in [0, 0.1) is 17.3 Å². The summed E-state index contributed by atoms with van der Waals surface area (Å²) in [7, 11) is 0. The minimum Gasteiger partial charge on any atom is -0.389 e. The molecule has 0 spiro atoms. The van der Waals surface area contributed by atoms with Gasteiger partial charge in [0.15, 0.2) is 0 Å². The Hall–Kier alpha value is -0.120. The Bertz CT molecular complexity index is 261. The largest absolute Gasteiger partial charge is 0.389 e. The molecule has 0 aromatic heterocycles. The first-order chi connectivity index (χ1) is 8.06. The maximum Gasteiger partial charge on any atom is 0.0769 e. The molecule has 0 radical (unpaired) electrons. The van der Waals surface area contributed by atoms with E-state index in [2.05, 4.69) is 13.8 Å². The van der Waals surface area contributed by atoms with Crippen molar-refractivity contribution in [2.75, 3.05) is 19.8 Å². The lowest BCUT2D eigenvalue weighted by Gasteiger charge is -2.52. The van der Waals surface area contributed by atoms with Crippen LogP contribution in [0.25, 0.3) is 0 Å². The van der Waals surface area contributed by atoms with Gasteiger partial charge in [-0.15, -0.1) is 0 Å². The summed E-state index contributed by atoms with van der Waals surface area (Å²) in [5.74, 6) is 0.894. The molecule has 3 atom stereocenters. The second-order valence-corrected chi connectivity index (χ2v) is 6.31. The second-order valence-electron chi connectivity index (χ2n) is 6.31. The van der Waals surface area contributed by atoms with Crippen LogP contribution >= 0.6 is 0 Å². The zero-order chi connectivity index (χ0) is 12.5. The maximum absolute atomic E-state index is 11.3. The van der Waals surface area contributed by atoms with Crippen LogP contribution in [0.4, 0.5) is 0 Å². The van der Waals surface area contributed by atoms with Crippen molar-refractivity contribution >= 4 is 0 Å². The lowest BCUT2D eigenvalue weighted by atomic mass is 9.57. The molecule has 100 valence electrons. The van der Waals surface area contributed by atoms with Gasteiger partial charge >= 0.3 is 0 Å². The first kappa shape index (κ1) is 13.3. The smallest absolute Gasteiger partial charge is 0.0769 e. The van der Waals surface area contributed by atoms with Gasteiger partial charge in [0.25, 0.3) is 0 Å². The molecule has 0 amide bonds. The minimum atomic E-state index is -0.606. The van der Waals surface area contributed by atoms with Gasteiger partial charge in [-0.2, -0.15) is 0 Å². The van der Waals surface area contributed by atoms with Gasteiger partial charge in [0.2, 0.25) is 0 Å². The zero-order valence-corrected chi connectivity index (χ0v) is 11.2. The molecule has 1 heterocycles. The molecule has 0 aromatic rings.